The van der Waals surface area contributed by atoms with Crippen LogP contribution < -0.4 is 10.6 Å². The van der Waals surface area contributed by atoms with Gasteiger partial charge >= 0.3 is 0 Å². The number of hydrogen-bond donors (Lipinski definition) is 1. The number of aromatic nitrogens is 2. The Morgan fingerprint density at radius 2 is 2.31 bits per heavy atom. The van der Waals surface area contributed by atoms with Gasteiger partial charge in [0, 0.05) is 10.6 Å². The summed E-state index contributed by atoms with van der Waals surface area (Å²) in [7, 11) is 0. The Morgan fingerprint density at radius 3 is 3.12 bits per heavy atom. The van der Waals surface area contributed by atoms with Crippen LogP contribution in [0.5, 0.6) is 0 Å². The van der Waals surface area contributed by atoms with Crippen molar-refractivity contribution in [3.63, 3.8) is 0 Å². The zero-order chi connectivity index (χ0) is 11.1. The molecule has 1 aliphatic rings. The summed E-state index contributed by atoms with van der Waals surface area (Å²) in [5.74, 6) is -1.20. The SMILES string of the molecule is N#CC1C=c2c(ccc3cn[nH]c23)=NC1=O. The Labute approximate surface area is 89.7 Å². The number of nitriles is 1. The number of carbonyl (C=O) groups is 1. The molecule has 0 spiro atoms. The number of benzene rings is 1. The number of carbonyl (C=O) groups excluding carboxylic acids is 1. The first kappa shape index (κ1) is 8.80. The molecular formula is C11H6N4O. The molecule has 1 aliphatic heterocycles. The fraction of sp³-hybridized carbons (Fsp3) is 0.0909. The summed E-state index contributed by atoms with van der Waals surface area (Å²) in [6.07, 6.45) is 3.33. The average Bonchev–Trinajstić information content (AvgIpc) is 2.76. The third kappa shape index (κ3) is 1.07. The maximum atomic E-state index is 11.4. The molecule has 5 nitrogen and oxygen atoms in total. The van der Waals surface area contributed by atoms with Gasteiger partial charge in [-0.2, -0.15) is 10.4 Å². The van der Waals surface area contributed by atoms with Crippen LogP contribution in [0, 0.1) is 17.2 Å². The van der Waals surface area contributed by atoms with Gasteiger partial charge in [0.1, 0.15) is 5.92 Å². The Bertz CT molecular complexity index is 750. The van der Waals surface area contributed by atoms with Crippen molar-refractivity contribution in [3.8, 4) is 6.07 Å². The lowest BCUT2D eigenvalue weighted by Crippen LogP contribution is -2.33. The molecule has 1 amide bonds. The van der Waals surface area contributed by atoms with Gasteiger partial charge in [0.2, 0.25) is 0 Å². The molecule has 0 radical (unpaired) electrons. The number of aromatic amines is 1. The Balaban J connectivity index is 2.50. The van der Waals surface area contributed by atoms with Gasteiger partial charge in [0.25, 0.3) is 5.91 Å². The number of nitrogens with zero attached hydrogens (tertiary/aromatic N) is 3. The predicted molar refractivity (Wildman–Crippen MR) is 55.4 cm³/mol. The zero-order valence-corrected chi connectivity index (χ0v) is 8.14. The van der Waals surface area contributed by atoms with Crippen molar-refractivity contribution in [1.82, 2.24) is 10.2 Å². The summed E-state index contributed by atoms with van der Waals surface area (Å²) < 4.78 is 0. The quantitative estimate of drug-likeness (QED) is 0.644. The third-order valence-corrected chi connectivity index (χ3v) is 2.60. The summed E-state index contributed by atoms with van der Waals surface area (Å²) in [6, 6.07) is 5.52. The number of hydrogen-bond acceptors (Lipinski definition) is 3. The van der Waals surface area contributed by atoms with Crippen LogP contribution in [0.4, 0.5) is 0 Å². The fourth-order valence-electron chi connectivity index (χ4n) is 1.81. The largest absolute Gasteiger partial charge is 0.277 e. The van der Waals surface area contributed by atoms with Crippen LogP contribution in [0.1, 0.15) is 0 Å². The van der Waals surface area contributed by atoms with Crippen molar-refractivity contribution in [2.45, 2.75) is 0 Å². The lowest BCUT2D eigenvalue weighted by Gasteiger charge is -2.03. The van der Waals surface area contributed by atoms with Crippen molar-refractivity contribution in [2.75, 3.05) is 0 Å². The molecule has 76 valence electrons. The minimum Gasteiger partial charge on any atom is -0.277 e. The molecule has 1 N–H and O–H groups in total. The van der Waals surface area contributed by atoms with Crippen LogP contribution in [0.15, 0.2) is 23.3 Å². The molecule has 2 heterocycles. The Morgan fingerprint density at radius 1 is 1.44 bits per heavy atom. The first-order valence-electron chi connectivity index (χ1n) is 4.76. The van der Waals surface area contributed by atoms with Gasteiger partial charge in [-0.25, -0.2) is 4.99 Å². The summed E-state index contributed by atoms with van der Waals surface area (Å²) >= 11 is 0. The second-order valence-electron chi connectivity index (χ2n) is 3.56. The van der Waals surface area contributed by atoms with Crippen LogP contribution in [-0.4, -0.2) is 16.1 Å². The van der Waals surface area contributed by atoms with Crippen molar-refractivity contribution >= 4 is 22.9 Å². The number of nitrogens with one attached hydrogen (secondary N) is 1. The van der Waals surface area contributed by atoms with E-state index in [0.29, 0.717) is 5.36 Å². The monoisotopic (exact) mass is 210 g/mol. The van der Waals surface area contributed by atoms with E-state index in [1.54, 1.807) is 18.3 Å². The van der Waals surface area contributed by atoms with E-state index in [-0.39, 0.29) is 0 Å². The highest BCUT2D eigenvalue weighted by atomic mass is 16.1. The normalized spacial score (nSPS) is 18.4. The Kier molecular flexibility index (Phi) is 1.65. The molecule has 0 fully saturated rings. The van der Waals surface area contributed by atoms with E-state index in [2.05, 4.69) is 15.2 Å². The van der Waals surface area contributed by atoms with E-state index < -0.39 is 11.8 Å². The summed E-state index contributed by atoms with van der Waals surface area (Å²) in [5.41, 5.74) is 0.814. The molecule has 3 rings (SSSR count). The molecular weight excluding hydrogens is 204 g/mol. The van der Waals surface area contributed by atoms with E-state index in [1.807, 2.05) is 12.1 Å². The lowest BCUT2D eigenvalue weighted by molar-refractivity contribution is -0.118. The van der Waals surface area contributed by atoms with Crippen molar-refractivity contribution in [1.29, 1.82) is 5.26 Å². The maximum Gasteiger partial charge on any atom is 0.267 e. The number of rotatable bonds is 0. The van der Waals surface area contributed by atoms with E-state index in [9.17, 15) is 4.79 Å². The highest BCUT2D eigenvalue weighted by molar-refractivity contribution is 5.91. The fourth-order valence-corrected chi connectivity index (χ4v) is 1.81. The highest BCUT2D eigenvalue weighted by Gasteiger charge is 2.18. The lowest BCUT2D eigenvalue weighted by atomic mass is 10.0. The van der Waals surface area contributed by atoms with Gasteiger partial charge in [-0.15, -0.1) is 0 Å². The van der Waals surface area contributed by atoms with Gasteiger partial charge in [0.15, 0.2) is 0 Å². The molecule has 0 bridgehead atoms. The van der Waals surface area contributed by atoms with Gasteiger partial charge in [-0.1, -0.05) is 0 Å². The van der Waals surface area contributed by atoms with Crippen LogP contribution in [-0.2, 0) is 4.79 Å². The molecule has 1 aromatic heterocycles. The number of fused-ring (bicyclic) bond motifs is 3. The van der Waals surface area contributed by atoms with E-state index >= 15 is 0 Å². The van der Waals surface area contributed by atoms with E-state index in [0.717, 1.165) is 16.1 Å². The molecule has 5 heteroatoms. The number of H-pyrrole nitrogens is 1. The topological polar surface area (TPSA) is 81.9 Å². The minimum atomic E-state index is -0.790. The van der Waals surface area contributed by atoms with Crippen LogP contribution in [0.3, 0.4) is 0 Å². The molecule has 16 heavy (non-hydrogen) atoms. The minimum absolute atomic E-state index is 0.408. The zero-order valence-electron chi connectivity index (χ0n) is 8.14. The van der Waals surface area contributed by atoms with Gasteiger partial charge in [0.05, 0.1) is 23.1 Å². The van der Waals surface area contributed by atoms with E-state index in [4.69, 9.17) is 5.26 Å². The standard InChI is InChI=1S/C11H6N4O/c12-4-7-3-8-9(14-11(7)16)2-1-6-5-13-15-10(6)8/h1-3,5,7H,(H,13,15). The van der Waals surface area contributed by atoms with Crippen molar-refractivity contribution in [2.24, 2.45) is 10.9 Å². The molecule has 1 unspecified atom stereocenters. The first-order chi connectivity index (χ1) is 7.79. The third-order valence-electron chi connectivity index (χ3n) is 2.60. The molecule has 0 saturated carbocycles. The predicted octanol–water partition coefficient (Wildman–Crippen LogP) is -0.357. The highest BCUT2D eigenvalue weighted by Crippen LogP contribution is 2.07. The van der Waals surface area contributed by atoms with Crippen molar-refractivity contribution in [3.05, 3.63) is 28.9 Å². The summed E-state index contributed by atoms with van der Waals surface area (Å²) in [6.45, 7) is 0. The smallest absolute Gasteiger partial charge is 0.267 e. The summed E-state index contributed by atoms with van der Waals surface area (Å²) in [5, 5.41) is 17.9. The first-order valence-corrected chi connectivity index (χ1v) is 4.76. The molecule has 0 aliphatic carbocycles. The second-order valence-corrected chi connectivity index (χ2v) is 3.56. The van der Waals surface area contributed by atoms with Gasteiger partial charge < -0.3 is 0 Å². The van der Waals surface area contributed by atoms with Crippen molar-refractivity contribution < 1.29 is 4.79 Å². The molecule has 2 aromatic rings. The van der Waals surface area contributed by atoms with Crippen LogP contribution >= 0.6 is 0 Å². The van der Waals surface area contributed by atoms with Crippen LogP contribution in [0.25, 0.3) is 17.0 Å². The van der Waals surface area contributed by atoms with Gasteiger partial charge in [-0.05, 0) is 18.2 Å². The Hall–Kier alpha value is -2.48. The second kappa shape index (κ2) is 3.00. The molecule has 1 atom stereocenters. The molecule has 1 aromatic carbocycles. The van der Waals surface area contributed by atoms with Gasteiger partial charge in [-0.3, -0.25) is 9.89 Å². The summed E-state index contributed by atoms with van der Waals surface area (Å²) in [4.78, 5) is 15.3. The average molecular weight is 210 g/mol. The van der Waals surface area contributed by atoms with E-state index in [1.165, 1.54) is 0 Å². The van der Waals surface area contributed by atoms with Crippen LogP contribution in [0.2, 0.25) is 0 Å². The molecule has 0 saturated heterocycles. The number of amides is 1. The maximum absolute atomic E-state index is 11.4.